The van der Waals surface area contributed by atoms with Crippen molar-refractivity contribution in [3.05, 3.63) is 61.8 Å². The molecule has 0 aliphatic carbocycles. The molecule has 1 amide bonds. The summed E-state index contributed by atoms with van der Waals surface area (Å²) in [6.07, 6.45) is 1.29. The first-order valence-electron chi connectivity index (χ1n) is 7.77. The first-order valence-corrected chi connectivity index (χ1v) is 9.23. The highest BCUT2D eigenvalue weighted by molar-refractivity contribution is 14.1. The Hall–Kier alpha value is -2.26. The number of benzene rings is 2. The zero-order valence-electron chi connectivity index (χ0n) is 14.6. The third kappa shape index (κ3) is 6.14. The summed E-state index contributed by atoms with van der Waals surface area (Å²) in [5.41, 5.74) is 1.15. The van der Waals surface area contributed by atoms with E-state index in [1.54, 1.807) is 6.07 Å². The molecule has 8 heteroatoms. The number of rotatable bonds is 7. The molecule has 6 nitrogen and oxygen atoms in total. The number of amides is 1. The molecule has 0 aliphatic heterocycles. The van der Waals surface area contributed by atoms with Crippen LogP contribution in [0.3, 0.4) is 0 Å². The minimum Gasteiger partial charge on any atom is -0.493 e. The first-order chi connectivity index (χ1) is 12.8. The van der Waals surface area contributed by atoms with Crippen LogP contribution in [0.1, 0.15) is 18.1 Å². The molecule has 2 rings (SSSR count). The molecule has 27 heavy (non-hydrogen) atoms. The lowest BCUT2D eigenvalue weighted by atomic mass is 10.1. The quantitative estimate of drug-likeness (QED) is 0.441. The van der Waals surface area contributed by atoms with Gasteiger partial charge in [-0.15, -0.1) is 0 Å². The summed E-state index contributed by atoms with van der Waals surface area (Å²) in [5, 5.41) is 11.7. The van der Waals surface area contributed by atoms with Gasteiger partial charge in [0.25, 0.3) is 0 Å². The number of carboxylic acids is 1. The van der Waals surface area contributed by atoms with E-state index >= 15 is 0 Å². The van der Waals surface area contributed by atoms with Gasteiger partial charge in [0.15, 0.2) is 11.5 Å². The summed E-state index contributed by atoms with van der Waals surface area (Å²) in [6.45, 7) is 1.53. The Kier molecular flexibility index (Phi) is 7.49. The highest BCUT2D eigenvalue weighted by Gasteiger charge is 2.14. The lowest BCUT2D eigenvalue weighted by molar-refractivity contribution is -0.134. The van der Waals surface area contributed by atoms with Crippen LogP contribution in [-0.2, 0) is 16.2 Å². The lowest BCUT2D eigenvalue weighted by Crippen LogP contribution is -2.24. The fourth-order valence-electron chi connectivity index (χ4n) is 2.21. The minimum atomic E-state index is -1.26. The van der Waals surface area contributed by atoms with Gasteiger partial charge >= 0.3 is 5.97 Å². The number of nitrogens with one attached hydrogen (secondary N) is 1. The fourth-order valence-corrected chi connectivity index (χ4v) is 2.84. The van der Waals surface area contributed by atoms with Crippen LogP contribution in [0.2, 0.25) is 5.02 Å². The summed E-state index contributed by atoms with van der Waals surface area (Å²) in [7, 11) is 1.46. The summed E-state index contributed by atoms with van der Waals surface area (Å²) < 4.78 is 12.2. The van der Waals surface area contributed by atoms with E-state index in [4.69, 9.17) is 21.1 Å². The summed E-state index contributed by atoms with van der Waals surface area (Å²) >= 11 is 8.53. The van der Waals surface area contributed by atoms with E-state index in [1.165, 1.54) is 26.2 Å². The predicted molar refractivity (Wildman–Crippen MR) is 111 cm³/mol. The van der Waals surface area contributed by atoms with Crippen molar-refractivity contribution in [3.63, 3.8) is 0 Å². The second-order valence-electron chi connectivity index (χ2n) is 5.49. The molecule has 142 valence electrons. The fraction of sp³-hybridized carbons (Fsp3) is 0.158. The Morgan fingerprint density at radius 2 is 1.93 bits per heavy atom. The maximum absolute atomic E-state index is 11.3. The standard InChI is InChI=1S/C19H17ClINO5/c1-11(23)22-16(19(24)25)8-13-7-15(20)18(17(9-13)26-2)27-10-12-3-5-14(21)6-4-12/h3-9H,10H2,1-2H3,(H,22,23)(H,24,25)/b16-8+. The maximum atomic E-state index is 11.3. The van der Waals surface area contributed by atoms with Gasteiger partial charge in [0.1, 0.15) is 12.3 Å². The zero-order valence-corrected chi connectivity index (χ0v) is 17.5. The van der Waals surface area contributed by atoms with E-state index in [2.05, 4.69) is 27.9 Å². The van der Waals surface area contributed by atoms with Gasteiger partial charge in [-0.2, -0.15) is 0 Å². The Morgan fingerprint density at radius 3 is 2.48 bits per heavy atom. The molecule has 0 fully saturated rings. The summed E-state index contributed by atoms with van der Waals surface area (Å²) in [6, 6.07) is 11.0. The molecule has 0 atom stereocenters. The number of carboxylic acid groups (broad SMARTS) is 1. The molecule has 0 heterocycles. The Labute approximate surface area is 175 Å². The van der Waals surface area contributed by atoms with Gasteiger partial charge in [-0.1, -0.05) is 23.7 Å². The van der Waals surface area contributed by atoms with Crippen LogP contribution < -0.4 is 14.8 Å². The van der Waals surface area contributed by atoms with Gasteiger partial charge in [0.05, 0.1) is 12.1 Å². The van der Waals surface area contributed by atoms with Crippen molar-refractivity contribution in [2.75, 3.05) is 7.11 Å². The average molecular weight is 502 g/mol. The highest BCUT2D eigenvalue weighted by atomic mass is 127. The number of halogens is 2. The number of aliphatic carboxylic acids is 1. The second-order valence-corrected chi connectivity index (χ2v) is 7.15. The van der Waals surface area contributed by atoms with Crippen LogP contribution in [0.25, 0.3) is 6.08 Å². The smallest absolute Gasteiger partial charge is 0.352 e. The van der Waals surface area contributed by atoms with Crippen molar-refractivity contribution in [1.29, 1.82) is 0 Å². The van der Waals surface area contributed by atoms with E-state index in [0.717, 1.165) is 9.13 Å². The third-order valence-electron chi connectivity index (χ3n) is 3.40. The zero-order chi connectivity index (χ0) is 20.0. The second kappa shape index (κ2) is 9.61. The van der Waals surface area contributed by atoms with E-state index in [1.807, 2.05) is 24.3 Å². The predicted octanol–water partition coefficient (Wildman–Crippen LogP) is 4.09. The van der Waals surface area contributed by atoms with Crippen LogP contribution in [0.5, 0.6) is 11.5 Å². The minimum absolute atomic E-state index is 0.263. The molecule has 0 saturated heterocycles. The lowest BCUT2D eigenvalue weighted by Gasteiger charge is -2.14. The number of methoxy groups -OCH3 is 1. The van der Waals surface area contributed by atoms with Crippen molar-refractivity contribution in [3.8, 4) is 11.5 Å². The monoisotopic (exact) mass is 501 g/mol. The molecule has 0 spiro atoms. The molecular formula is C19H17ClINO5. The van der Waals surface area contributed by atoms with Crippen molar-refractivity contribution in [2.24, 2.45) is 0 Å². The summed E-state index contributed by atoms with van der Waals surface area (Å²) in [4.78, 5) is 22.4. The van der Waals surface area contributed by atoms with Crippen LogP contribution in [0, 0.1) is 3.57 Å². The molecule has 2 aromatic carbocycles. The number of hydrogen-bond acceptors (Lipinski definition) is 4. The molecular weight excluding hydrogens is 485 g/mol. The van der Waals surface area contributed by atoms with Crippen LogP contribution in [0.15, 0.2) is 42.1 Å². The summed E-state index contributed by atoms with van der Waals surface area (Å²) in [5.74, 6) is -1.04. The third-order valence-corrected chi connectivity index (χ3v) is 4.40. The number of hydrogen-bond donors (Lipinski definition) is 2. The van der Waals surface area contributed by atoms with E-state index in [-0.39, 0.29) is 10.7 Å². The first kappa shape index (κ1) is 21.0. The van der Waals surface area contributed by atoms with Crippen molar-refractivity contribution >= 4 is 52.1 Å². The van der Waals surface area contributed by atoms with Gasteiger partial charge in [-0.3, -0.25) is 4.79 Å². The Bertz CT molecular complexity index is 880. The van der Waals surface area contributed by atoms with Gasteiger partial charge in [0.2, 0.25) is 5.91 Å². The van der Waals surface area contributed by atoms with E-state index in [9.17, 15) is 14.7 Å². The average Bonchev–Trinajstić information content (AvgIpc) is 2.60. The van der Waals surface area contributed by atoms with Crippen LogP contribution in [0.4, 0.5) is 0 Å². The van der Waals surface area contributed by atoms with Crippen molar-refractivity contribution in [2.45, 2.75) is 13.5 Å². The van der Waals surface area contributed by atoms with Crippen molar-refractivity contribution in [1.82, 2.24) is 5.32 Å². The Morgan fingerprint density at radius 1 is 1.26 bits per heavy atom. The van der Waals surface area contributed by atoms with Crippen molar-refractivity contribution < 1.29 is 24.2 Å². The number of carbonyl (C=O) groups excluding carboxylic acids is 1. The topological polar surface area (TPSA) is 84.9 Å². The Balaban J connectivity index is 2.29. The highest BCUT2D eigenvalue weighted by Crippen LogP contribution is 2.37. The molecule has 0 unspecified atom stereocenters. The molecule has 2 aromatic rings. The number of carbonyl (C=O) groups is 2. The van der Waals surface area contributed by atoms with Gasteiger partial charge < -0.3 is 19.9 Å². The SMILES string of the molecule is COc1cc(/C=C(/NC(C)=O)C(=O)O)cc(Cl)c1OCc1ccc(I)cc1. The van der Waals surface area contributed by atoms with E-state index < -0.39 is 11.9 Å². The molecule has 0 aromatic heterocycles. The normalized spacial score (nSPS) is 11.0. The molecule has 2 N–H and O–H groups in total. The van der Waals surface area contributed by atoms with Gasteiger partial charge in [0, 0.05) is 10.5 Å². The molecule has 0 saturated carbocycles. The molecule has 0 bridgehead atoms. The molecule has 0 radical (unpaired) electrons. The number of ether oxygens (including phenoxy) is 2. The van der Waals surface area contributed by atoms with Gasteiger partial charge in [-0.25, -0.2) is 4.79 Å². The van der Waals surface area contributed by atoms with E-state index in [0.29, 0.717) is 23.7 Å². The van der Waals surface area contributed by atoms with Crippen LogP contribution in [-0.4, -0.2) is 24.1 Å². The van der Waals surface area contributed by atoms with Crippen LogP contribution >= 0.6 is 34.2 Å². The maximum Gasteiger partial charge on any atom is 0.352 e. The molecule has 0 aliphatic rings. The largest absolute Gasteiger partial charge is 0.493 e. The van der Waals surface area contributed by atoms with Gasteiger partial charge in [-0.05, 0) is 64.1 Å².